The van der Waals surface area contributed by atoms with Gasteiger partial charge < -0.3 is 19.4 Å². The first-order chi connectivity index (χ1) is 8.08. The summed E-state index contributed by atoms with van der Waals surface area (Å²) in [7, 11) is 0. The van der Waals surface area contributed by atoms with Gasteiger partial charge in [0.25, 0.3) is 16.9 Å². The SMILES string of the molecule is Cc1cc(OCC(=O)NCCO[N+](=O)[O-])no1. The fourth-order valence-corrected chi connectivity index (χ4v) is 0.913. The molecule has 17 heavy (non-hydrogen) atoms. The number of hydrogen-bond donors (Lipinski definition) is 1. The van der Waals surface area contributed by atoms with Crippen LogP contribution in [0.3, 0.4) is 0 Å². The second kappa shape index (κ2) is 6.30. The first kappa shape index (κ1) is 12.7. The normalized spacial score (nSPS) is 9.71. The van der Waals surface area contributed by atoms with Crippen molar-refractivity contribution < 1.29 is 24.0 Å². The van der Waals surface area contributed by atoms with Gasteiger partial charge in [-0.25, -0.2) is 0 Å². The molecule has 94 valence electrons. The molecule has 9 nitrogen and oxygen atoms in total. The number of carbonyl (C=O) groups is 1. The molecule has 1 heterocycles. The minimum atomic E-state index is -0.930. The molecule has 0 bridgehead atoms. The number of amides is 1. The van der Waals surface area contributed by atoms with Crippen LogP contribution in [0.25, 0.3) is 0 Å². The first-order valence-electron chi connectivity index (χ1n) is 4.68. The van der Waals surface area contributed by atoms with Gasteiger partial charge in [0, 0.05) is 12.6 Å². The Labute approximate surface area is 95.8 Å². The molecule has 0 aliphatic heterocycles. The Hall–Kier alpha value is -2.32. The zero-order valence-corrected chi connectivity index (χ0v) is 9.04. The molecule has 0 radical (unpaired) electrons. The van der Waals surface area contributed by atoms with Gasteiger partial charge >= 0.3 is 0 Å². The smallest absolute Gasteiger partial charge is 0.294 e. The summed E-state index contributed by atoms with van der Waals surface area (Å²) in [6.07, 6.45) is 0. The van der Waals surface area contributed by atoms with E-state index in [-0.39, 0.29) is 25.6 Å². The predicted molar refractivity (Wildman–Crippen MR) is 52.7 cm³/mol. The van der Waals surface area contributed by atoms with Gasteiger partial charge in [0.1, 0.15) is 12.4 Å². The van der Waals surface area contributed by atoms with Gasteiger partial charge in [-0.15, -0.1) is 10.1 Å². The van der Waals surface area contributed by atoms with Crippen LogP contribution in [0, 0.1) is 17.0 Å². The molecule has 0 atom stereocenters. The van der Waals surface area contributed by atoms with Crippen molar-refractivity contribution in [2.45, 2.75) is 6.92 Å². The van der Waals surface area contributed by atoms with Crippen LogP contribution in [0.4, 0.5) is 0 Å². The lowest BCUT2D eigenvalue weighted by molar-refractivity contribution is -0.757. The highest BCUT2D eigenvalue weighted by Crippen LogP contribution is 2.08. The molecule has 1 rings (SSSR count). The van der Waals surface area contributed by atoms with Crippen LogP contribution in [0.5, 0.6) is 5.88 Å². The van der Waals surface area contributed by atoms with Crippen molar-refractivity contribution >= 4 is 5.91 Å². The quantitative estimate of drug-likeness (QED) is 0.397. The molecule has 0 fully saturated rings. The van der Waals surface area contributed by atoms with Gasteiger partial charge in [-0.3, -0.25) is 4.79 Å². The second-order valence-corrected chi connectivity index (χ2v) is 2.97. The molecular weight excluding hydrogens is 234 g/mol. The average molecular weight is 245 g/mol. The van der Waals surface area contributed by atoms with Crippen LogP contribution in [0.15, 0.2) is 10.6 Å². The Morgan fingerprint density at radius 1 is 1.71 bits per heavy atom. The van der Waals surface area contributed by atoms with Crippen LogP contribution in [0.1, 0.15) is 5.76 Å². The van der Waals surface area contributed by atoms with Gasteiger partial charge in [0.05, 0.1) is 0 Å². The van der Waals surface area contributed by atoms with Crippen LogP contribution in [0.2, 0.25) is 0 Å². The number of nitrogens with one attached hydrogen (secondary N) is 1. The number of carbonyl (C=O) groups excluding carboxylic acids is 1. The van der Waals surface area contributed by atoms with Crippen molar-refractivity contribution in [3.05, 3.63) is 21.9 Å². The summed E-state index contributed by atoms with van der Waals surface area (Å²) in [6.45, 7) is 1.27. The fourth-order valence-electron chi connectivity index (χ4n) is 0.913. The fraction of sp³-hybridized carbons (Fsp3) is 0.500. The first-order valence-corrected chi connectivity index (χ1v) is 4.68. The molecule has 1 amide bonds. The Balaban J connectivity index is 2.11. The van der Waals surface area contributed by atoms with E-state index in [2.05, 4.69) is 15.3 Å². The van der Waals surface area contributed by atoms with Gasteiger partial charge in [0.2, 0.25) is 0 Å². The summed E-state index contributed by atoms with van der Waals surface area (Å²) in [5, 5.41) is 14.7. The number of hydrogen-bond acceptors (Lipinski definition) is 7. The molecule has 1 N–H and O–H groups in total. The molecule has 0 saturated heterocycles. The van der Waals surface area contributed by atoms with Gasteiger partial charge in [-0.05, 0) is 12.1 Å². The van der Waals surface area contributed by atoms with E-state index in [0.29, 0.717) is 5.76 Å². The lowest BCUT2D eigenvalue weighted by Gasteiger charge is -2.04. The minimum absolute atomic E-state index is 0.0288. The van der Waals surface area contributed by atoms with Crippen molar-refractivity contribution in [3.8, 4) is 5.88 Å². The van der Waals surface area contributed by atoms with E-state index in [1.807, 2.05) is 0 Å². The third-order valence-electron chi connectivity index (χ3n) is 1.58. The molecule has 0 aliphatic carbocycles. The Kier molecular flexibility index (Phi) is 4.73. The summed E-state index contributed by atoms with van der Waals surface area (Å²) >= 11 is 0. The van der Waals surface area contributed by atoms with Crippen LogP contribution >= 0.6 is 0 Å². The molecule has 0 aliphatic rings. The molecule has 0 spiro atoms. The molecular formula is C8H11N3O6. The molecule has 0 unspecified atom stereocenters. The van der Waals surface area contributed by atoms with Crippen molar-refractivity contribution in [1.82, 2.24) is 10.5 Å². The number of aromatic nitrogens is 1. The standard InChI is InChI=1S/C8H11N3O6/c1-6-4-8(10-17-6)15-5-7(12)9-2-3-16-11(13)14/h4H,2-3,5H2,1H3,(H,9,12). The zero-order chi connectivity index (χ0) is 12.7. The predicted octanol–water partition coefficient (Wildman–Crippen LogP) is -0.314. The minimum Gasteiger partial charge on any atom is -0.465 e. The van der Waals surface area contributed by atoms with E-state index in [9.17, 15) is 14.9 Å². The average Bonchev–Trinajstić information content (AvgIpc) is 2.67. The second-order valence-electron chi connectivity index (χ2n) is 2.97. The summed E-state index contributed by atoms with van der Waals surface area (Å²) in [6, 6.07) is 1.53. The Morgan fingerprint density at radius 2 is 2.47 bits per heavy atom. The largest absolute Gasteiger partial charge is 0.465 e. The van der Waals surface area contributed by atoms with Gasteiger partial charge in [-0.2, -0.15) is 0 Å². The molecule has 1 aromatic heterocycles. The summed E-state index contributed by atoms with van der Waals surface area (Å²) in [4.78, 5) is 24.9. The van der Waals surface area contributed by atoms with Gasteiger partial charge in [0.15, 0.2) is 6.61 Å². The van der Waals surface area contributed by atoms with Crippen LogP contribution in [-0.2, 0) is 9.63 Å². The topological polar surface area (TPSA) is 117 Å². The summed E-state index contributed by atoms with van der Waals surface area (Å²) < 4.78 is 9.70. The van der Waals surface area contributed by atoms with E-state index < -0.39 is 11.0 Å². The highest BCUT2D eigenvalue weighted by atomic mass is 16.9. The maximum atomic E-state index is 11.1. The van der Waals surface area contributed by atoms with Crippen LogP contribution < -0.4 is 10.1 Å². The molecule has 1 aromatic rings. The molecule has 0 aromatic carbocycles. The maximum Gasteiger partial charge on any atom is 0.294 e. The van der Waals surface area contributed by atoms with Crippen molar-refractivity contribution in [2.24, 2.45) is 0 Å². The Bertz CT molecular complexity index is 390. The summed E-state index contributed by atoms with van der Waals surface area (Å²) in [5.41, 5.74) is 0. The lowest BCUT2D eigenvalue weighted by Crippen LogP contribution is -2.32. The van der Waals surface area contributed by atoms with Crippen LogP contribution in [-0.4, -0.2) is 35.9 Å². The number of rotatable bonds is 7. The number of nitrogens with zero attached hydrogens (tertiary/aromatic N) is 2. The van der Waals surface area contributed by atoms with E-state index in [1.165, 1.54) is 6.07 Å². The third kappa shape index (κ3) is 5.35. The Morgan fingerprint density at radius 3 is 3.06 bits per heavy atom. The lowest BCUT2D eigenvalue weighted by atomic mass is 10.5. The highest BCUT2D eigenvalue weighted by molar-refractivity contribution is 5.77. The van der Waals surface area contributed by atoms with E-state index in [4.69, 9.17) is 9.26 Å². The molecule has 9 heteroatoms. The number of ether oxygens (including phenoxy) is 1. The van der Waals surface area contributed by atoms with Crippen molar-refractivity contribution in [3.63, 3.8) is 0 Å². The third-order valence-corrected chi connectivity index (χ3v) is 1.58. The van der Waals surface area contributed by atoms with E-state index in [0.717, 1.165) is 0 Å². The maximum absolute atomic E-state index is 11.1. The molecule has 0 saturated carbocycles. The zero-order valence-electron chi connectivity index (χ0n) is 9.04. The van der Waals surface area contributed by atoms with E-state index >= 15 is 0 Å². The van der Waals surface area contributed by atoms with Crippen molar-refractivity contribution in [2.75, 3.05) is 19.8 Å². The summed E-state index contributed by atoms with van der Waals surface area (Å²) in [5.74, 6) is 0.344. The monoisotopic (exact) mass is 245 g/mol. The highest BCUT2D eigenvalue weighted by Gasteiger charge is 2.05. The van der Waals surface area contributed by atoms with Crippen molar-refractivity contribution in [1.29, 1.82) is 0 Å². The number of aryl methyl sites for hydroxylation is 1. The van der Waals surface area contributed by atoms with Gasteiger partial charge in [-0.1, -0.05) is 0 Å². The van der Waals surface area contributed by atoms with E-state index in [1.54, 1.807) is 6.92 Å².